The second-order valence-corrected chi connectivity index (χ2v) is 4.73. The van der Waals surface area contributed by atoms with Gasteiger partial charge in [0.05, 0.1) is 21.3 Å². The van der Waals surface area contributed by atoms with Crippen LogP contribution in [-0.4, -0.2) is 26.4 Å². The highest BCUT2D eigenvalue weighted by Crippen LogP contribution is 2.34. The Balaban J connectivity index is 2.42. The smallest absolute Gasteiger partial charge is 0.128 e. The molecule has 0 aliphatic carbocycles. The summed E-state index contributed by atoms with van der Waals surface area (Å²) in [6.45, 7) is 1.94. The van der Waals surface area contributed by atoms with E-state index in [0.29, 0.717) is 17.1 Å². The molecule has 0 aromatic heterocycles. The number of hydrogen-bond donors (Lipinski definition) is 1. The maximum Gasteiger partial charge on any atom is 0.128 e. The molecule has 4 heteroatoms. The van der Waals surface area contributed by atoms with E-state index in [2.05, 4.69) is 0 Å². The molecule has 0 saturated carbocycles. The summed E-state index contributed by atoms with van der Waals surface area (Å²) in [6.07, 6.45) is -0.767. The molecule has 0 aliphatic rings. The van der Waals surface area contributed by atoms with Crippen molar-refractivity contribution in [2.45, 2.75) is 13.0 Å². The molecule has 2 aromatic rings. The molecule has 0 bridgehead atoms. The Morgan fingerprint density at radius 3 is 1.90 bits per heavy atom. The van der Waals surface area contributed by atoms with E-state index in [4.69, 9.17) is 14.2 Å². The highest BCUT2D eigenvalue weighted by atomic mass is 16.5. The van der Waals surface area contributed by atoms with Crippen LogP contribution in [0.25, 0.3) is 0 Å². The Bertz CT molecular complexity index is 622. The number of benzene rings is 2. The number of aryl methyl sites for hydroxylation is 1. The number of methoxy groups -OCH3 is 3. The quantitative estimate of drug-likeness (QED) is 0.918. The minimum Gasteiger partial charge on any atom is -0.497 e. The van der Waals surface area contributed by atoms with Crippen molar-refractivity contribution in [1.29, 1.82) is 0 Å². The third-order valence-corrected chi connectivity index (χ3v) is 3.51. The van der Waals surface area contributed by atoms with Gasteiger partial charge in [-0.05, 0) is 42.3 Å². The Hall–Kier alpha value is -2.20. The van der Waals surface area contributed by atoms with Gasteiger partial charge < -0.3 is 19.3 Å². The van der Waals surface area contributed by atoms with Gasteiger partial charge in [-0.15, -0.1) is 0 Å². The highest BCUT2D eigenvalue weighted by molar-refractivity contribution is 5.47. The summed E-state index contributed by atoms with van der Waals surface area (Å²) in [5, 5.41) is 10.7. The normalized spacial score (nSPS) is 11.9. The third-order valence-electron chi connectivity index (χ3n) is 3.51. The molecule has 0 amide bonds. The minimum absolute atomic E-state index is 0.595. The molecule has 0 fully saturated rings. The van der Waals surface area contributed by atoms with Gasteiger partial charge in [0.2, 0.25) is 0 Å². The van der Waals surface area contributed by atoms with Crippen LogP contribution in [0.1, 0.15) is 22.8 Å². The van der Waals surface area contributed by atoms with Gasteiger partial charge in [-0.3, -0.25) is 0 Å². The van der Waals surface area contributed by atoms with Gasteiger partial charge in [-0.1, -0.05) is 6.07 Å². The monoisotopic (exact) mass is 288 g/mol. The SMILES string of the molecule is COc1ccc(C(O)c2ccc(OC)cc2OC)c(C)c1. The molecule has 0 aliphatic heterocycles. The average molecular weight is 288 g/mol. The lowest BCUT2D eigenvalue weighted by atomic mass is 9.96. The van der Waals surface area contributed by atoms with Gasteiger partial charge in [0.1, 0.15) is 23.4 Å². The second-order valence-electron chi connectivity index (χ2n) is 4.73. The minimum atomic E-state index is -0.767. The first-order valence-corrected chi connectivity index (χ1v) is 6.65. The van der Waals surface area contributed by atoms with Crippen LogP contribution in [-0.2, 0) is 0 Å². The van der Waals surface area contributed by atoms with Crippen LogP contribution in [0.2, 0.25) is 0 Å². The van der Waals surface area contributed by atoms with Gasteiger partial charge in [-0.25, -0.2) is 0 Å². The van der Waals surface area contributed by atoms with Crippen LogP contribution in [0.4, 0.5) is 0 Å². The molecular weight excluding hydrogens is 268 g/mol. The van der Waals surface area contributed by atoms with Crippen LogP contribution in [0.5, 0.6) is 17.2 Å². The van der Waals surface area contributed by atoms with Crippen molar-refractivity contribution in [1.82, 2.24) is 0 Å². The summed E-state index contributed by atoms with van der Waals surface area (Å²) in [7, 11) is 4.79. The maximum absolute atomic E-state index is 10.7. The van der Waals surface area contributed by atoms with Gasteiger partial charge in [-0.2, -0.15) is 0 Å². The first-order chi connectivity index (χ1) is 10.1. The Morgan fingerprint density at radius 2 is 1.38 bits per heavy atom. The van der Waals surface area contributed by atoms with Crippen molar-refractivity contribution in [3.8, 4) is 17.2 Å². The molecule has 1 atom stereocenters. The van der Waals surface area contributed by atoms with Crippen LogP contribution in [0.15, 0.2) is 36.4 Å². The molecule has 0 heterocycles. The molecule has 0 spiro atoms. The van der Waals surface area contributed by atoms with Crippen molar-refractivity contribution in [2.24, 2.45) is 0 Å². The zero-order chi connectivity index (χ0) is 15.4. The fraction of sp³-hybridized carbons (Fsp3) is 0.294. The predicted octanol–water partition coefficient (Wildman–Crippen LogP) is 3.10. The lowest BCUT2D eigenvalue weighted by molar-refractivity contribution is 0.213. The fourth-order valence-corrected chi connectivity index (χ4v) is 2.29. The number of ether oxygens (including phenoxy) is 3. The van der Waals surface area contributed by atoms with Gasteiger partial charge >= 0.3 is 0 Å². The van der Waals surface area contributed by atoms with Crippen molar-refractivity contribution in [2.75, 3.05) is 21.3 Å². The lowest BCUT2D eigenvalue weighted by Crippen LogP contribution is -2.05. The second kappa shape index (κ2) is 6.50. The maximum atomic E-state index is 10.7. The Labute approximate surface area is 124 Å². The Kier molecular flexibility index (Phi) is 4.70. The van der Waals surface area contributed by atoms with E-state index < -0.39 is 6.10 Å². The summed E-state index contributed by atoms with van der Waals surface area (Å²) in [6, 6.07) is 11.0. The van der Waals surface area contributed by atoms with E-state index in [1.54, 1.807) is 33.5 Å². The summed E-state index contributed by atoms with van der Waals surface area (Å²) >= 11 is 0. The number of hydrogen-bond acceptors (Lipinski definition) is 4. The molecule has 4 nitrogen and oxygen atoms in total. The summed E-state index contributed by atoms with van der Waals surface area (Å²) in [5.74, 6) is 2.05. The van der Waals surface area contributed by atoms with Crippen LogP contribution in [0.3, 0.4) is 0 Å². The van der Waals surface area contributed by atoms with E-state index in [1.807, 2.05) is 31.2 Å². The van der Waals surface area contributed by atoms with Crippen LogP contribution in [0, 0.1) is 6.92 Å². The van der Waals surface area contributed by atoms with E-state index in [-0.39, 0.29) is 0 Å². The average Bonchev–Trinajstić information content (AvgIpc) is 2.53. The zero-order valence-electron chi connectivity index (χ0n) is 12.7. The number of aliphatic hydroxyl groups excluding tert-OH is 1. The molecule has 2 aromatic carbocycles. The third kappa shape index (κ3) is 3.11. The first kappa shape index (κ1) is 15.2. The van der Waals surface area contributed by atoms with E-state index >= 15 is 0 Å². The van der Waals surface area contributed by atoms with Gasteiger partial charge in [0.15, 0.2) is 0 Å². The zero-order valence-corrected chi connectivity index (χ0v) is 12.7. The molecule has 0 saturated heterocycles. The van der Waals surface area contributed by atoms with Gasteiger partial charge in [0.25, 0.3) is 0 Å². The molecule has 21 heavy (non-hydrogen) atoms. The van der Waals surface area contributed by atoms with Crippen molar-refractivity contribution < 1.29 is 19.3 Å². The van der Waals surface area contributed by atoms with Crippen molar-refractivity contribution >= 4 is 0 Å². The number of aliphatic hydroxyl groups is 1. The highest BCUT2D eigenvalue weighted by Gasteiger charge is 2.18. The van der Waals surface area contributed by atoms with Crippen LogP contribution >= 0.6 is 0 Å². The van der Waals surface area contributed by atoms with Crippen molar-refractivity contribution in [3.63, 3.8) is 0 Å². The Morgan fingerprint density at radius 1 is 0.810 bits per heavy atom. The number of rotatable bonds is 5. The molecule has 1 unspecified atom stereocenters. The lowest BCUT2D eigenvalue weighted by Gasteiger charge is -2.18. The molecule has 1 N–H and O–H groups in total. The van der Waals surface area contributed by atoms with E-state index in [1.165, 1.54) is 0 Å². The molecular formula is C17H20O4. The predicted molar refractivity (Wildman–Crippen MR) is 81.3 cm³/mol. The summed E-state index contributed by atoms with van der Waals surface area (Å²) in [4.78, 5) is 0. The first-order valence-electron chi connectivity index (χ1n) is 6.65. The molecule has 0 radical (unpaired) electrons. The van der Waals surface area contributed by atoms with E-state index in [0.717, 1.165) is 16.9 Å². The molecule has 2 rings (SSSR count). The fourth-order valence-electron chi connectivity index (χ4n) is 2.29. The van der Waals surface area contributed by atoms with Crippen LogP contribution < -0.4 is 14.2 Å². The standard InChI is InChI=1S/C17H20O4/c1-11-9-12(19-2)5-7-14(11)17(18)15-8-6-13(20-3)10-16(15)21-4/h5-10,17-18H,1-4H3. The largest absolute Gasteiger partial charge is 0.497 e. The topological polar surface area (TPSA) is 47.9 Å². The summed E-state index contributed by atoms with van der Waals surface area (Å²) < 4.78 is 15.7. The van der Waals surface area contributed by atoms with Gasteiger partial charge in [0, 0.05) is 11.6 Å². The van der Waals surface area contributed by atoms with E-state index in [9.17, 15) is 5.11 Å². The molecule has 112 valence electrons. The van der Waals surface area contributed by atoms with Crippen molar-refractivity contribution in [3.05, 3.63) is 53.1 Å². The summed E-state index contributed by atoms with van der Waals surface area (Å²) in [5.41, 5.74) is 2.48.